The van der Waals surface area contributed by atoms with Crippen LogP contribution in [0.5, 0.6) is 5.75 Å². The average Bonchev–Trinajstić information content (AvgIpc) is 3.09. The molecule has 0 saturated heterocycles. The number of ether oxygens (including phenoxy) is 2. The van der Waals surface area contributed by atoms with Gasteiger partial charge >= 0.3 is 5.97 Å². The fourth-order valence-electron chi connectivity index (χ4n) is 3.03. The topological polar surface area (TPSA) is 47.9 Å². The van der Waals surface area contributed by atoms with E-state index in [1.165, 1.54) is 12.1 Å². The standard InChI is InChI=1S/C24H16FI2NO3/c1-14-4-2-3-5-18(14)23-28-21(24(29)31-23)12-16-10-19(26)22(20(27)11-16)30-13-15-6-8-17(25)9-7-15/h2-12H,13H2,1H3/b21-12-. The van der Waals surface area contributed by atoms with Crippen LogP contribution in [0.3, 0.4) is 0 Å². The molecule has 0 saturated carbocycles. The predicted molar refractivity (Wildman–Crippen MR) is 134 cm³/mol. The Morgan fingerprint density at radius 3 is 2.42 bits per heavy atom. The molecule has 31 heavy (non-hydrogen) atoms. The molecule has 4 rings (SSSR count). The molecule has 1 aliphatic rings. The molecule has 0 aliphatic carbocycles. The maximum absolute atomic E-state index is 13.1. The van der Waals surface area contributed by atoms with Crippen LogP contribution in [-0.4, -0.2) is 11.9 Å². The van der Waals surface area contributed by atoms with Gasteiger partial charge in [-0.05, 0) is 105 Å². The lowest BCUT2D eigenvalue weighted by atomic mass is 10.1. The Labute approximate surface area is 206 Å². The van der Waals surface area contributed by atoms with E-state index in [1.807, 2.05) is 43.3 Å². The van der Waals surface area contributed by atoms with E-state index in [0.717, 1.165) is 35.1 Å². The molecule has 156 valence electrons. The minimum atomic E-state index is -0.472. The molecule has 3 aromatic rings. The summed E-state index contributed by atoms with van der Waals surface area (Å²) in [5.41, 5.74) is 3.75. The number of cyclic esters (lactones) is 1. The van der Waals surface area contributed by atoms with Crippen molar-refractivity contribution in [3.63, 3.8) is 0 Å². The van der Waals surface area contributed by atoms with Crippen molar-refractivity contribution in [1.29, 1.82) is 0 Å². The highest BCUT2D eigenvalue weighted by Crippen LogP contribution is 2.31. The second kappa shape index (κ2) is 9.47. The van der Waals surface area contributed by atoms with Crippen LogP contribution in [0.25, 0.3) is 6.08 Å². The van der Waals surface area contributed by atoms with Crippen LogP contribution in [0.15, 0.2) is 71.4 Å². The van der Waals surface area contributed by atoms with Crippen LogP contribution >= 0.6 is 45.2 Å². The Morgan fingerprint density at radius 2 is 1.74 bits per heavy atom. The minimum Gasteiger partial charge on any atom is -0.487 e. The van der Waals surface area contributed by atoms with E-state index < -0.39 is 5.97 Å². The van der Waals surface area contributed by atoms with Crippen LogP contribution in [0.4, 0.5) is 4.39 Å². The fraction of sp³-hybridized carbons (Fsp3) is 0.0833. The van der Waals surface area contributed by atoms with Gasteiger partial charge in [0, 0.05) is 5.56 Å². The molecule has 0 N–H and O–H groups in total. The van der Waals surface area contributed by atoms with Crippen LogP contribution in [0.1, 0.15) is 22.3 Å². The molecule has 4 nitrogen and oxygen atoms in total. The number of aryl methyl sites for hydroxylation is 1. The number of carbonyl (C=O) groups excluding carboxylic acids is 1. The molecule has 1 heterocycles. The van der Waals surface area contributed by atoms with Crippen molar-refractivity contribution in [2.75, 3.05) is 0 Å². The first kappa shape index (κ1) is 21.9. The van der Waals surface area contributed by atoms with Gasteiger partial charge in [-0.25, -0.2) is 14.2 Å². The Balaban J connectivity index is 1.56. The number of benzene rings is 3. The molecule has 1 aliphatic heterocycles. The largest absolute Gasteiger partial charge is 0.487 e. The summed E-state index contributed by atoms with van der Waals surface area (Å²) in [6, 6.07) is 17.7. The Bertz CT molecular complexity index is 1200. The molecule has 0 unspecified atom stereocenters. The quantitative estimate of drug-likeness (QED) is 0.188. The van der Waals surface area contributed by atoms with Gasteiger partial charge in [-0.1, -0.05) is 30.3 Å². The first-order valence-corrected chi connectivity index (χ1v) is 11.5. The highest BCUT2D eigenvalue weighted by molar-refractivity contribution is 14.1. The van der Waals surface area contributed by atoms with E-state index in [4.69, 9.17) is 9.47 Å². The maximum atomic E-state index is 13.1. The third-order valence-corrected chi connectivity index (χ3v) is 6.22. The summed E-state index contributed by atoms with van der Waals surface area (Å²) < 4.78 is 26.2. The number of halogens is 3. The number of rotatable bonds is 5. The summed E-state index contributed by atoms with van der Waals surface area (Å²) in [5, 5.41) is 0. The molecule has 0 spiro atoms. The van der Waals surface area contributed by atoms with Gasteiger partial charge in [0.1, 0.15) is 18.2 Å². The van der Waals surface area contributed by atoms with Crippen molar-refractivity contribution in [3.8, 4) is 5.75 Å². The lowest BCUT2D eigenvalue weighted by Gasteiger charge is -2.11. The van der Waals surface area contributed by atoms with Crippen molar-refractivity contribution in [1.82, 2.24) is 0 Å². The van der Waals surface area contributed by atoms with Crippen molar-refractivity contribution in [2.45, 2.75) is 13.5 Å². The molecule has 0 radical (unpaired) electrons. The number of hydrogen-bond acceptors (Lipinski definition) is 4. The summed E-state index contributed by atoms with van der Waals surface area (Å²) in [6.45, 7) is 2.28. The first-order valence-electron chi connectivity index (χ1n) is 9.35. The molecule has 0 bridgehead atoms. The SMILES string of the molecule is Cc1ccccc1C1=N/C(=C\c2cc(I)c(OCc3ccc(F)cc3)c(I)c2)C(=O)O1. The van der Waals surface area contributed by atoms with Gasteiger partial charge in [0.25, 0.3) is 0 Å². The average molecular weight is 639 g/mol. The van der Waals surface area contributed by atoms with E-state index in [-0.39, 0.29) is 11.5 Å². The molecule has 0 fully saturated rings. The van der Waals surface area contributed by atoms with Gasteiger partial charge < -0.3 is 9.47 Å². The zero-order chi connectivity index (χ0) is 22.0. The third kappa shape index (κ3) is 5.15. The summed E-state index contributed by atoms with van der Waals surface area (Å²) >= 11 is 4.40. The molecule has 7 heteroatoms. The highest BCUT2D eigenvalue weighted by Gasteiger charge is 2.25. The van der Waals surface area contributed by atoms with Gasteiger partial charge in [0.2, 0.25) is 5.90 Å². The van der Waals surface area contributed by atoms with Gasteiger partial charge in [0.05, 0.1) is 7.14 Å². The van der Waals surface area contributed by atoms with Crippen LogP contribution in [0, 0.1) is 19.9 Å². The minimum absolute atomic E-state index is 0.254. The van der Waals surface area contributed by atoms with E-state index >= 15 is 0 Å². The van der Waals surface area contributed by atoms with E-state index in [9.17, 15) is 9.18 Å². The highest BCUT2D eigenvalue weighted by atomic mass is 127. The zero-order valence-electron chi connectivity index (χ0n) is 16.4. The zero-order valence-corrected chi connectivity index (χ0v) is 20.7. The van der Waals surface area contributed by atoms with Gasteiger partial charge in [-0.15, -0.1) is 0 Å². The van der Waals surface area contributed by atoms with E-state index in [0.29, 0.717) is 12.5 Å². The second-order valence-corrected chi connectivity index (χ2v) is 9.20. The number of aliphatic imine (C=N–C) groups is 1. The molecule has 3 aromatic carbocycles. The molecule has 0 atom stereocenters. The molecular formula is C24H16FI2NO3. The normalized spacial score (nSPS) is 14.5. The predicted octanol–water partition coefficient (Wildman–Crippen LogP) is 6.27. The first-order chi connectivity index (χ1) is 14.9. The van der Waals surface area contributed by atoms with Gasteiger partial charge in [-0.2, -0.15) is 0 Å². The summed E-state index contributed by atoms with van der Waals surface area (Å²) in [4.78, 5) is 16.7. The maximum Gasteiger partial charge on any atom is 0.363 e. The van der Waals surface area contributed by atoms with E-state index in [1.54, 1.807) is 18.2 Å². The number of hydrogen-bond donors (Lipinski definition) is 0. The van der Waals surface area contributed by atoms with Crippen LogP contribution in [-0.2, 0) is 16.1 Å². The summed E-state index contributed by atoms with van der Waals surface area (Å²) in [7, 11) is 0. The lowest BCUT2D eigenvalue weighted by Crippen LogP contribution is -2.06. The monoisotopic (exact) mass is 639 g/mol. The van der Waals surface area contributed by atoms with Crippen molar-refractivity contribution < 1.29 is 18.7 Å². The Hall–Kier alpha value is -2.27. The van der Waals surface area contributed by atoms with Gasteiger partial charge in [-0.3, -0.25) is 0 Å². The molecule has 0 amide bonds. The summed E-state index contributed by atoms with van der Waals surface area (Å²) in [5.74, 6) is 0.313. The third-order valence-electron chi connectivity index (χ3n) is 4.62. The van der Waals surface area contributed by atoms with Crippen molar-refractivity contribution >= 4 is 63.1 Å². The number of nitrogens with zero attached hydrogens (tertiary/aromatic N) is 1. The Kier molecular flexibility index (Phi) is 6.71. The lowest BCUT2D eigenvalue weighted by molar-refractivity contribution is -0.129. The van der Waals surface area contributed by atoms with Crippen molar-refractivity contribution in [3.05, 3.63) is 102 Å². The molecular weight excluding hydrogens is 623 g/mol. The fourth-order valence-corrected chi connectivity index (χ4v) is 5.16. The Morgan fingerprint density at radius 1 is 1.06 bits per heavy atom. The van der Waals surface area contributed by atoms with Gasteiger partial charge in [0.15, 0.2) is 5.70 Å². The second-order valence-electron chi connectivity index (χ2n) is 6.88. The smallest absolute Gasteiger partial charge is 0.363 e. The molecule has 0 aromatic heterocycles. The van der Waals surface area contributed by atoms with Crippen LogP contribution < -0.4 is 4.74 Å². The van der Waals surface area contributed by atoms with Crippen LogP contribution in [0.2, 0.25) is 0 Å². The van der Waals surface area contributed by atoms with E-state index in [2.05, 4.69) is 50.2 Å². The van der Waals surface area contributed by atoms with Crippen molar-refractivity contribution in [2.24, 2.45) is 4.99 Å². The number of esters is 1. The number of carbonyl (C=O) groups is 1. The summed E-state index contributed by atoms with van der Waals surface area (Å²) in [6.07, 6.45) is 1.71.